The van der Waals surface area contributed by atoms with E-state index in [1.54, 1.807) is 14.2 Å². The maximum atomic E-state index is 6.05. The predicted molar refractivity (Wildman–Crippen MR) is 120 cm³/mol. The molecule has 0 bridgehead atoms. The van der Waals surface area contributed by atoms with Crippen LogP contribution in [-0.2, 0) is 22.6 Å². The summed E-state index contributed by atoms with van der Waals surface area (Å²) in [7, 11) is 3.41. The van der Waals surface area contributed by atoms with Crippen LogP contribution in [-0.4, -0.2) is 54.0 Å². The van der Waals surface area contributed by atoms with Crippen molar-refractivity contribution in [2.24, 2.45) is 0 Å². The maximum Gasteiger partial charge on any atom is 0.211 e. The number of benzene rings is 1. The first-order chi connectivity index (χ1) is 15.1. The lowest BCUT2D eigenvalue weighted by Crippen LogP contribution is -2.38. The molecule has 1 atom stereocenters. The second-order valence-electron chi connectivity index (χ2n) is 7.37. The molecule has 9 heteroatoms. The van der Waals surface area contributed by atoms with Crippen LogP contribution >= 0.6 is 11.3 Å². The largest absolute Gasteiger partial charge is 0.496 e. The third-order valence-electron chi connectivity index (χ3n) is 5.06. The standard InChI is InChI=1S/C22H27N5O3S/c1-15-25-26-22(31-15)24-21-6-4-5-18(23-21)20-13-27(9-10-30-20)12-17-11-16(14-28-2)7-8-19(17)29-3/h4-8,11,20H,9-10,12-14H2,1-3H3,(H,23,24,26)/t20-/m0/s1. The molecule has 164 valence electrons. The minimum atomic E-state index is -0.0974. The number of rotatable bonds is 8. The fourth-order valence-electron chi connectivity index (χ4n) is 3.63. The van der Waals surface area contributed by atoms with Crippen LogP contribution in [0.4, 0.5) is 10.9 Å². The van der Waals surface area contributed by atoms with E-state index in [0.29, 0.717) is 13.2 Å². The smallest absolute Gasteiger partial charge is 0.211 e. The second-order valence-corrected chi connectivity index (χ2v) is 8.55. The van der Waals surface area contributed by atoms with E-state index in [4.69, 9.17) is 19.2 Å². The third-order valence-corrected chi connectivity index (χ3v) is 5.82. The van der Waals surface area contributed by atoms with Gasteiger partial charge in [-0.05, 0) is 36.8 Å². The number of nitrogens with one attached hydrogen (secondary N) is 1. The summed E-state index contributed by atoms with van der Waals surface area (Å²) in [5, 5.41) is 13.0. The molecule has 1 N–H and O–H groups in total. The van der Waals surface area contributed by atoms with E-state index >= 15 is 0 Å². The molecule has 0 spiro atoms. The normalized spacial score (nSPS) is 16.9. The van der Waals surface area contributed by atoms with Crippen LogP contribution in [0, 0.1) is 6.92 Å². The number of pyridine rings is 1. The molecule has 0 unspecified atom stereocenters. The van der Waals surface area contributed by atoms with Gasteiger partial charge in [-0.15, -0.1) is 10.2 Å². The van der Waals surface area contributed by atoms with Crippen LogP contribution < -0.4 is 10.1 Å². The quantitative estimate of drug-likeness (QED) is 0.567. The molecular weight excluding hydrogens is 414 g/mol. The molecule has 8 nitrogen and oxygen atoms in total. The van der Waals surface area contributed by atoms with Gasteiger partial charge >= 0.3 is 0 Å². The lowest BCUT2D eigenvalue weighted by molar-refractivity contribution is -0.0351. The Labute approximate surface area is 186 Å². The fourth-order valence-corrected chi connectivity index (χ4v) is 4.23. The van der Waals surface area contributed by atoms with Crippen LogP contribution in [0.5, 0.6) is 5.75 Å². The molecule has 0 radical (unpaired) electrons. The summed E-state index contributed by atoms with van der Waals surface area (Å²) in [5.41, 5.74) is 3.18. The summed E-state index contributed by atoms with van der Waals surface area (Å²) in [6, 6.07) is 12.1. The molecule has 31 heavy (non-hydrogen) atoms. The number of nitrogens with zero attached hydrogens (tertiary/aromatic N) is 4. The fraction of sp³-hybridized carbons (Fsp3) is 0.409. The van der Waals surface area contributed by atoms with E-state index in [-0.39, 0.29) is 6.10 Å². The van der Waals surface area contributed by atoms with Gasteiger partial charge < -0.3 is 19.5 Å². The van der Waals surface area contributed by atoms with Gasteiger partial charge in [-0.1, -0.05) is 23.5 Å². The van der Waals surface area contributed by atoms with Gasteiger partial charge in [-0.2, -0.15) is 0 Å². The summed E-state index contributed by atoms with van der Waals surface area (Å²) >= 11 is 1.50. The molecule has 1 aliphatic rings. The summed E-state index contributed by atoms with van der Waals surface area (Å²) in [6.07, 6.45) is -0.0974. The van der Waals surface area contributed by atoms with Gasteiger partial charge in [-0.25, -0.2) is 4.98 Å². The van der Waals surface area contributed by atoms with Crippen molar-refractivity contribution in [1.82, 2.24) is 20.1 Å². The third kappa shape index (κ3) is 5.56. The number of hydrogen-bond donors (Lipinski definition) is 1. The Kier molecular flexibility index (Phi) is 7.08. The monoisotopic (exact) mass is 441 g/mol. The van der Waals surface area contributed by atoms with Gasteiger partial charge in [0.05, 0.1) is 26.0 Å². The van der Waals surface area contributed by atoms with Crippen molar-refractivity contribution in [1.29, 1.82) is 0 Å². The average molecular weight is 442 g/mol. The van der Waals surface area contributed by atoms with Gasteiger partial charge in [0, 0.05) is 32.3 Å². The Hall–Kier alpha value is -2.59. The molecule has 3 aromatic rings. The molecular formula is C22H27N5O3S. The number of ether oxygens (including phenoxy) is 3. The summed E-state index contributed by atoms with van der Waals surface area (Å²) < 4.78 is 16.9. The van der Waals surface area contributed by atoms with Crippen molar-refractivity contribution in [3.63, 3.8) is 0 Å². The number of methoxy groups -OCH3 is 2. The summed E-state index contributed by atoms with van der Waals surface area (Å²) in [4.78, 5) is 7.12. The van der Waals surface area contributed by atoms with Crippen molar-refractivity contribution in [2.75, 3.05) is 39.2 Å². The molecule has 0 saturated carbocycles. The van der Waals surface area contributed by atoms with Gasteiger partial charge in [-0.3, -0.25) is 4.90 Å². The topological polar surface area (TPSA) is 81.6 Å². The Balaban J connectivity index is 1.45. The van der Waals surface area contributed by atoms with E-state index in [1.165, 1.54) is 11.3 Å². The van der Waals surface area contributed by atoms with Gasteiger partial charge in [0.1, 0.15) is 22.7 Å². The SMILES string of the molecule is COCc1ccc(OC)c(CN2CCO[C@H](c3cccc(Nc4nnc(C)s4)n3)C2)c1. The predicted octanol–water partition coefficient (Wildman–Crippen LogP) is 3.71. The van der Waals surface area contributed by atoms with Crippen molar-refractivity contribution in [3.8, 4) is 5.75 Å². The molecule has 3 heterocycles. The first-order valence-electron chi connectivity index (χ1n) is 10.2. The Morgan fingerprint density at radius 2 is 2.13 bits per heavy atom. The van der Waals surface area contributed by atoms with E-state index in [2.05, 4.69) is 26.5 Å². The minimum Gasteiger partial charge on any atom is -0.496 e. The molecule has 1 aromatic carbocycles. The highest BCUT2D eigenvalue weighted by Gasteiger charge is 2.24. The number of morpholine rings is 1. The molecule has 1 fully saturated rings. The maximum absolute atomic E-state index is 6.05. The number of hydrogen-bond acceptors (Lipinski definition) is 9. The van der Waals surface area contributed by atoms with Crippen molar-refractivity contribution in [2.45, 2.75) is 26.2 Å². The van der Waals surface area contributed by atoms with Crippen LogP contribution in [0.1, 0.15) is 27.9 Å². The van der Waals surface area contributed by atoms with Gasteiger partial charge in [0.25, 0.3) is 0 Å². The van der Waals surface area contributed by atoms with Crippen LogP contribution in [0.25, 0.3) is 0 Å². The lowest BCUT2D eigenvalue weighted by atomic mass is 10.1. The van der Waals surface area contributed by atoms with Crippen LogP contribution in [0.2, 0.25) is 0 Å². The van der Waals surface area contributed by atoms with E-state index < -0.39 is 0 Å². The highest BCUT2D eigenvalue weighted by atomic mass is 32.1. The zero-order valence-corrected chi connectivity index (χ0v) is 18.8. The zero-order valence-electron chi connectivity index (χ0n) is 18.0. The minimum absolute atomic E-state index is 0.0974. The van der Waals surface area contributed by atoms with Crippen molar-refractivity contribution in [3.05, 3.63) is 58.2 Å². The lowest BCUT2D eigenvalue weighted by Gasteiger charge is -2.33. The zero-order chi connectivity index (χ0) is 21.6. The van der Waals surface area contributed by atoms with Gasteiger partial charge in [0.2, 0.25) is 5.13 Å². The van der Waals surface area contributed by atoms with Crippen LogP contribution in [0.3, 0.4) is 0 Å². The molecule has 4 rings (SSSR count). The Morgan fingerprint density at radius 3 is 2.90 bits per heavy atom. The number of aromatic nitrogens is 3. The van der Waals surface area contributed by atoms with Crippen molar-refractivity contribution < 1.29 is 14.2 Å². The van der Waals surface area contributed by atoms with E-state index in [0.717, 1.165) is 58.2 Å². The number of aryl methyl sites for hydroxylation is 1. The highest BCUT2D eigenvalue weighted by molar-refractivity contribution is 7.15. The highest BCUT2D eigenvalue weighted by Crippen LogP contribution is 2.27. The Bertz CT molecular complexity index is 1010. The molecule has 0 amide bonds. The van der Waals surface area contributed by atoms with E-state index in [9.17, 15) is 0 Å². The summed E-state index contributed by atoms with van der Waals surface area (Å²) in [5.74, 6) is 1.63. The molecule has 1 saturated heterocycles. The molecule has 1 aliphatic heterocycles. The summed E-state index contributed by atoms with van der Waals surface area (Å²) in [6.45, 7) is 5.56. The van der Waals surface area contributed by atoms with Crippen LogP contribution in [0.15, 0.2) is 36.4 Å². The first kappa shape index (κ1) is 21.6. The molecule has 2 aromatic heterocycles. The second kappa shape index (κ2) is 10.1. The first-order valence-corrected chi connectivity index (χ1v) is 11.0. The number of anilines is 2. The average Bonchev–Trinajstić information content (AvgIpc) is 3.19. The Morgan fingerprint density at radius 1 is 1.23 bits per heavy atom. The van der Waals surface area contributed by atoms with E-state index in [1.807, 2.05) is 37.3 Å². The van der Waals surface area contributed by atoms with Crippen molar-refractivity contribution >= 4 is 22.3 Å². The van der Waals surface area contributed by atoms with Gasteiger partial charge in [0.15, 0.2) is 0 Å². The molecule has 0 aliphatic carbocycles.